The molecule has 0 rings (SSSR count). The Hall–Kier alpha value is -2.54. The Morgan fingerprint density at radius 1 is 1.00 bits per heavy atom. The molecule has 160 valence electrons. The van der Waals surface area contributed by atoms with E-state index in [1.807, 2.05) is 0 Å². The van der Waals surface area contributed by atoms with Crippen LogP contribution in [0.2, 0.25) is 0 Å². The van der Waals surface area contributed by atoms with Crippen molar-refractivity contribution in [2.24, 2.45) is 22.2 Å². The van der Waals surface area contributed by atoms with Crippen LogP contribution >= 0.6 is 12.6 Å². The van der Waals surface area contributed by atoms with E-state index in [4.69, 9.17) is 22.3 Å². The third-order valence-corrected chi connectivity index (χ3v) is 3.90. The lowest BCUT2D eigenvalue weighted by Gasteiger charge is -2.23. The van der Waals surface area contributed by atoms with Gasteiger partial charge in [-0.3, -0.25) is 24.2 Å². The fourth-order valence-electron chi connectivity index (χ4n) is 1.92. The van der Waals surface area contributed by atoms with Crippen LogP contribution in [0.4, 0.5) is 0 Å². The van der Waals surface area contributed by atoms with Crippen LogP contribution in [0.25, 0.3) is 0 Å². The molecule has 0 spiro atoms. The van der Waals surface area contributed by atoms with E-state index in [1.54, 1.807) is 0 Å². The summed E-state index contributed by atoms with van der Waals surface area (Å²) in [5.74, 6) is -3.27. The molecule has 12 nitrogen and oxygen atoms in total. The lowest BCUT2D eigenvalue weighted by atomic mass is 10.1. The molecule has 0 bridgehead atoms. The molecule has 0 saturated heterocycles. The van der Waals surface area contributed by atoms with E-state index in [9.17, 15) is 19.2 Å². The summed E-state index contributed by atoms with van der Waals surface area (Å²) in [5.41, 5.74) is 15.9. The zero-order valence-electron chi connectivity index (χ0n) is 15.8. The quantitative estimate of drug-likeness (QED) is 0.0698. The SMILES string of the molecule is C[C@H](N)C(=O)N[C@@H](CS)C(=O)N[C@@H](CCCN=C(N)N)C(=O)N[C@@H](C)C(=O)O. The van der Waals surface area contributed by atoms with Crippen LogP contribution in [0.15, 0.2) is 4.99 Å². The number of nitrogens with zero attached hydrogens (tertiary/aromatic N) is 1. The van der Waals surface area contributed by atoms with E-state index in [0.717, 1.165) is 0 Å². The number of amides is 3. The van der Waals surface area contributed by atoms with Crippen LogP contribution in [0.1, 0.15) is 26.7 Å². The Bertz CT molecular complexity index is 595. The number of aliphatic imine (C=N–C) groups is 1. The van der Waals surface area contributed by atoms with E-state index in [1.165, 1.54) is 13.8 Å². The number of guanidine groups is 1. The van der Waals surface area contributed by atoms with Gasteiger partial charge in [0, 0.05) is 12.3 Å². The van der Waals surface area contributed by atoms with Gasteiger partial charge < -0.3 is 38.3 Å². The molecule has 0 unspecified atom stereocenters. The first-order valence-electron chi connectivity index (χ1n) is 8.55. The average molecular weight is 420 g/mol. The number of rotatable bonds is 12. The Morgan fingerprint density at radius 3 is 2.00 bits per heavy atom. The average Bonchev–Trinajstić information content (AvgIpc) is 2.60. The van der Waals surface area contributed by atoms with Gasteiger partial charge in [0.25, 0.3) is 0 Å². The largest absolute Gasteiger partial charge is 0.480 e. The molecule has 28 heavy (non-hydrogen) atoms. The molecule has 13 heteroatoms. The van der Waals surface area contributed by atoms with Gasteiger partial charge in [0.2, 0.25) is 17.7 Å². The second kappa shape index (κ2) is 12.8. The number of thiol groups is 1. The highest BCUT2D eigenvalue weighted by Crippen LogP contribution is 2.02. The van der Waals surface area contributed by atoms with Crippen molar-refractivity contribution in [1.29, 1.82) is 0 Å². The van der Waals surface area contributed by atoms with Crippen molar-refractivity contribution in [3.05, 3.63) is 0 Å². The summed E-state index contributed by atoms with van der Waals surface area (Å²) in [6.45, 7) is 2.96. The molecule has 10 N–H and O–H groups in total. The molecule has 0 aromatic heterocycles. The number of hydrogen-bond donors (Lipinski definition) is 8. The monoisotopic (exact) mass is 419 g/mol. The highest BCUT2D eigenvalue weighted by Gasteiger charge is 2.28. The lowest BCUT2D eigenvalue weighted by molar-refractivity contribution is -0.141. The molecular formula is C15H29N7O5S. The van der Waals surface area contributed by atoms with E-state index in [-0.39, 0.29) is 24.7 Å². The smallest absolute Gasteiger partial charge is 0.325 e. The summed E-state index contributed by atoms with van der Waals surface area (Å²) >= 11 is 4.02. The van der Waals surface area contributed by atoms with Gasteiger partial charge in [0.1, 0.15) is 18.1 Å². The summed E-state index contributed by atoms with van der Waals surface area (Å²) in [6, 6.07) is -4.06. The minimum Gasteiger partial charge on any atom is -0.480 e. The molecule has 0 radical (unpaired) electrons. The summed E-state index contributed by atoms with van der Waals surface area (Å²) < 4.78 is 0. The van der Waals surface area contributed by atoms with Gasteiger partial charge in [-0.05, 0) is 26.7 Å². The topological polar surface area (TPSA) is 215 Å². The lowest BCUT2D eigenvalue weighted by Crippen LogP contribution is -2.57. The first-order chi connectivity index (χ1) is 13.0. The standard InChI is InChI=1S/C15H29N7O5S/c1-7(16)11(23)22-10(6-28)13(25)21-9(4-3-5-19-15(17)18)12(24)20-8(2)14(26)27/h7-10,28H,3-6,16H2,1-2H3,(H,20,24)(H,21,25)(H,22,23)(H,26,27)(H4,17,18,19)/t7-,8-,9-,10-/m0/s1. The minimum atomic E-state index is -1.23. The van der Waals surface area contributed by atoms with E-state index >= 15 is 0 Å². The molecule has 4 atom stereocenters. The summed E-state index contributed by atoms with van der Waals surface area (Å²) in [7, 11) is 0. The third kappa shape index (κ3) is 9.97. The Kier molecular flexibility index (Phi) is 11.6. The molecule has 3 amide bonds. The van der Waals surface area contributed by atoms with Crippen molar-refractivity contribution in [2.45, 2.75) is 50.9 Å². The number of carbonyl (C=O) groups excluding carboxylic acids is 3. The molecule has 0 fully saturated rings. The molecule has 0 aliphatic heterocycles. The Balaban J connectivity index is 5.12. The van der Waals surface area contributed by atoms with Gasteiger partial charge in [0.15, 0.2) is 5.96 Å². The van der Waals surface area contributed by atoms with Gasteiger partial charge in [-0.25, -0.2) is 0 Å². The number of nitrogens with one attached hydrogen (secondary N) is 3. The first kappa shape index (κ1) is 25.5. The molecular weight excluding hydrogens is 390 g/mol. The fourth-order valence-corrected chi connectivity index (χ4v) is 2.17. The molecule has 0 aliphatic carbocycles. The molecule has 0 aliphatic rings. The van der Waals surface area contributed by atoms with Crippen LogP contribution in [-0.4, -0.2) is 71.2 Å². The summed E-state index contributed by atoms with van der Waals surface area (Å²) in [6.07, 6.45) is 0.483. The maximum atomic E-state index is 12.4. The molecule has 0 aromatic carbocycles. The predicted molar refractivity (Wildman–Crippen MR) is 107 cm³/mol. The van der Waals surface area contributed by atoms with Crippen LogP contribution in [0.3, 0.4) is 0 Å². The highest BCUT2D eigenvalue weighted by molar-refractivity contribution is 7.80. The zero-order valence-corrected chi connectivity index (χ0v) is 16.7. The van der Waals surface area contributed by atoms with E-state index in [0.29, 0.717) is 6.42 Å². The Labute approximate surface area is 168 Å². The van der Waals surface area contributed by atoms with Gasteiger partial charge in [-0.15, -0.1) is 0 Å². The number of aliphatic carboxylic acids is 1. The van der Waals surface area contributed by atoms with Gasteiger partial charge >= 0.3 is 5.97 Å². The number of carboxylic acids is 1. The van der Waals surface area contributed by atoms with E-state index < -0.39 is 47.9 Å². The second-order valence-corrected chi connectivity index (χ2v) is 6.48. The first-order valence-corrected chi connectivity index (χ1v) is 9.18. The number of carboxylic acid groups (broad SMARTS) is 1. The zero-order chi connectivity index (χ0) is 21.9. The van der Waals surface area contributed by atoms with Crippen molar-refractivity contribution < 1.29 is 24.3 Å². The van der Waals surface area contributed by atoms with Crippen LogP contribution in [0, 0.1) is 0 Å². The minimum absolute atomic E-state index is 0.0296. The predicted octanol–water partition coefficient (Wildman–Crippen LogP) is -3.12. The van der Waals surface area contributed by atoms with Crippen molar-refractivity contribution in [1.82, 2.24) is 16.0 Å². The number of nitrogens with two attached hydrogens (primary N) is 3. The third-order valence-electron chi connectivity index (χ3n) is 3.54. The second-order valence-electron chi connectivity index (χ2n) is 6.11. The maximum Gasteiger partial charge on any atom is 0.325 e. The fraction of sp³-hybridized carbons (Fsp3) is 0.667. The summed E-state index contributed by atoms with van der Waals surface area (Å²) in [4.78, 5) is 51.2. The van der Waals surface area contributed by atoms with Crippen LogP contribution in [-0.2, 0) is 19.2 Å². The summed E-state index contributed by atoms with van der Waals surface area (Å²) in [5, 5.41) is 16.1. The maximum absolute atomic E-state index is 12.4. The van der Waals surface area contributed by atoms with E-state index in [2.05, 4.69) is 33.6 Å². The van der Waals surface area contributed by atoms with Gasteiger partial charge in [-0.2, -0.15) is 12.6 Å². The van der Waals surface area contributed by atoms with Crippen LogP contribution < -0.4 is 33.2 Å². The van der Waals surface area contributed by atoms with Crippen molar-refractivity contribution in [3.63, 3.8) is 0 Å². The number of hydrogen-bond acceptors (Lipinski definition) is 7. The number of carbonyl (C=O) groups is 4. The van der Waals surface area contributed by atoms with Crippen molar-refractivity contribution in [3.8, 4) is 0 Å². The highest BCUT2D eigenvalue weighted by atomic mass is 32.1. The molecule has 0 saturated carbocycles. The van der Waals surface area contributed by atoms with Crippen molar-refractivity contribution >= 4 is 42.3 Å². The van der Waals surface area contributed by atoms with Crippen molar-refractivity contribution in [2.75, 3.05) is 12.3 Å². The molecule has 0 heterocycles. The normalized spacial score (nSPS) is 14.7. The van der Waals surface area contributed by atoms with Gasteiger partial charge in [-0.1, -0.05) is 0 Å². The van der Waals surface area contributed by atoms with Gasteiger partial charge in [0.05, 0.1) is 6.04 Å². The molecule has 0 aromatic rings. The van der Waals surface area contributed by atoms with Crippen LogP contribution in [0.5, 0.6) is 0 Å². The Morgan fingerprint density at radius 2 is 1.54 bits per heavy atom.